The Morgan fingerprint density at radius 2 is 2.05 bits per heavy atom. The van der Waals surface area contributed by atoms with Gasteiger partial charge in [-0.2, -0.15) is 0 Å². The minimum atomic E-state index is 0.192. The number of fused-ring (bicyclic) bond motifs is 1. The van der Waals surface area contributed by atoms with Gasteiger partial charge < -0.3 is 10.1 Å². The molecular formula is C17H23ClN2O. The van der Waals surface area contributed by atoms with Crippen molar-refractivity contribution in [1.29, 1.82) is 0 Å². The molecule has 1 aromatic carbocycles. The summed E-state index contributed by atoms with van der Waals surface area (Å²) in [5, 5.41) is 5.65. The molecule has 4 heteroatoms. The minimum Gasteiger partial charge on any atom is -0.496 e. The van der Waals surface area contributed by atoms with E-state index in [1.54, 1.807) is 7.11 Å². The lowest BCUT2D eigenvalue weighted by Crippen LogP contribution is -2.23. The van der Waals surface area contributed by atoms with Gasteiger partial charge >= 0.3 is 0 Å². The number of hydrogen-bond donors (Lipinski definition) is 1. The normalized spacial score (nSPS) is 11.6. The first-order valence-corrected chi connectivity index (χ1v) is 7.82. The number of rotatable bonds is 7. The van der Waals surface area contributed by atoms with Crippen LogP contribution in [0.1, 0.15) is 26.7 Å². The number of pyridine rings is 1. The highest BCUT2D eigenvalue weighted by molar-refractivity contribution is 6.17. The molecule has 0 aliphatic rings. The van der Waals surface area contributed by atoms with Crippen LogP contribution in [-0.4, -0.2) is 24.5 Å². The number of alkyl halides is 1. The summed E-state index contributed by atoms with van der Waals surface area (Å²) in [5.74, 6) is 2.50. The number of nitrogens with zero attached hydrogens (tertiary/aromatic N) is 1. The van der Waals surface area contributed by atoms with Gasteiger partial charge in [-0.15, -0.1) is 11.6 Å². The van der Waals surface area contributed by atoms with Crippen molar-refractivity contribution in [2.75, 3.05) is 24.9 Å². The second kappa shape index (κ2) is 6.99. The second-order valence-corrected chi connectivity index (χ2v) is 6.40. The van der Waals surface area contributed by atoms with Crippen LogP contribution in [0, 0.1) is 5.41 Å². The van der Waals surface area contributed by atoms with E-state index in [0.29, 0.717) is 5.88 Å². The number of ether oxygens (including phenoxy) is 1. The molecule has 0 radical (unpaired) electrons. The summed E-state index contributed by atoms with van der Waals surface area (Å²) in [6.07, 6.45) is 3.95. The molecular weight excluding hydrogens is 284 g/mol. The summed E-state index contributed by atoms with van der Waals surface area (Å²) in [6, 6.07) is 8.01. The minimum absolute atomic E-state index is 0.192. The third-order valence-electron chi connectivity index (χ3n) is 3.71. The first-order valence-electron chi connectivity index (χ1n) is 7.29. The number of hydrogen-bond acceptors (Lipinski definition) is 3. The largest absolute Gasteiger partial charge is 0.496 e. The number of halogens is 1. The zero-order valence-corrected chi connectivity index (χ0v) is 13.7. The highest BCUT2D eigenvalue weighted by atomic mass is 35.5. The van der Waals surface area contributed by atoms with Gasteiger partial charge in [-0.25, -0.2) is 4.98 Å². The van der Waals surface area contributed by atoms with E-state index in [4.69, 9.17) is 16.3 Å². The van der Waals surface area contributed by atoms with Gasteiger partial charge in [0.2, 0.25) is 0 Å². The van der Waals surface area contributed by atoms with Crippen molar-refractivity contribution in [1.82, 2.24) is 4.98 Å². The molecule has 0 spiro atoms. The third kappa shape index (κ3) is 4.01. The van der Waals surface area contributed by atoms with E-state index in [2.05, 4.69) is 30.2 Å². The van der Waals surface area contributed by atoms with Crippen molar-refractivity contribution in [2.45, 2.75) is 26.7 Å². The molecule has 0 saturated carbocycles. The van der Waals surface area contributed by atoms with Crippen LogP contribution in [0.15, 0.2) is 30.5 Å². The average molecular weight is 307 g/mol. The van der Waals surface area contributed by atoms with E-state index in [0.717, 1.165) is 41.7 Å². The fourth-order valence-corrected chi connectivity index (χ4v) is 2.59. The van der Waals surface area contributed by atoms with Gasteiger partial charge in [0, 0.05) is 29.4 Å². The molecule has 1 aromatic heterocycles. The Morgan fingerprint density at radius 3 is 2.76 bits per heavy atom. The second-order valence-electron chi connectivity index (χ2n) is 6.03. The van der Waals surface area contributed by atoms with E-state index in [9.17, 15) is 0 Å². The van der Waals surface area contributed by atoms with Gasteiger partial charge in [-0.05, 0) is 30.4 Å². The first kappa shape index (κ1) is 15.9. The molecule has 114 valence electrons. The zero-order chi connectivity index (χ0) is 15.3. The summed E-state index contributed by atoms with van der Waals surface area (Å²) in [4.78, 5) is 4.47. The van der Waals surface area contributed by atoms with Crippen LogP contribution in [0.4, 0.5) is 5.82 Å². The van der Waals surface area contributed by atoms with Gasteiger partial charge in [0.25, 0.3) is 0 Å². The van der Waals surface area contributed by atoms with E-state index in [1.165, 1.54) is 0 Å². The van der Waals surface area contributed by atoms with Crippen LogP contribution in [-0.2, 0) is 0 Å². The molecule has 0 amide bonds. The molecule has 1 heterocycles. The predicted molar refractivity (Wildman–Crippen MR) is 90.5 cm³/mol. The Labute approximate surface area is 131 Å². The number of aromatic nitrogens is 1. The Morgan fingerprint density at radius 1 is 1.24 bits per heavy atom. The standard InChI is InChI=1S/C17H23ClN2O/c1-17(2,9-5-10-18)12-20-16-14-6-4-7-15(21-3)13(14)8-11-19-16/h4,6-8,11H,5,9-10,12H2,1-3H3,(H,19,20). The fraction of sp³-hybridized carbons (Fsp3) is 0.471. The third-order valence-corrected chi connectivity index (χ3v) is 3.97. The van der Waals surface area contributed by atoms with Crippen LogP contribution in [0.3, 0.4) is 0 Å². The summed E-state index contributed by atoms with van der Waals surface area (Å²) in [6.45, 7) is 5.36. The molecule has 0 aliphatic carbocycles. The number of methoxy groups -OCH3 is 1. The summed E-state index contributed by atoms with van der Waals surface area (Å²) >= 11 is 5.79. The summed E-state index contributed by atoms with van der Waals surface area (Å²) in [7, 11) is 1.69. The smallest absolute Gasteiger partial charge is 0.133 e. The molecule has 2 aromatic rings. The quantitative estimate of drug-likeness (QED) is 0.753. The maximum atomic E-state index is 5.79. The predicted octanol–water partition coefficient (Wildman–Crippen LogP) is 4.70. The van der Waals surface area contributed by atoms with Crippen LogP contribution in [0.5, 0.6) is 5.75 Å². The van der Waals surface area contributed by atoms with Crippen molar-refractivity contribution in [3.05, 3.63) is 30.5 Å². The molecule has 2 rings (SSSR count). The zero-order valence-electron chi connectivity index (χ0n) is 12.9. The topological polar surface area (TPSA) is 34.1 Å². The molecule has 0 fully saturated rings. The van der Waals surface area contributed by atoms with Crippen LogP contribution in [0.25, 0.3) is 10.8 Å². The Bertz CT molecular complexity index is 598. The van der Waals surface area contributed by atoms with Gasteiger partial charge in [-0.1, -0.05) is 26.0 Å². The molecule has 0 saturated heterocycles. The Hall–Kier alpha value is -1.48. The lowest BCUT2D eigenvalue weighted by atomic mass is 9.88. The molecule has 21 heavy (non-hydrogen) atoms. The highest BCUT2D eigenvalue weighted by Crippen LogP contribution is 2.30. The fourth-order valence-electron chi connectivity index (χ4n) is 2.45. The van der Waals surface area contributed by atoms with Crippen LogP contribution in [0.2, 0.25) is 0 Å². The average Bonchev–Trinajstić information content (AvgIpc) is 2.50. The van der Waals surface area contributed by atoms with E-state index >= 15 is 0 Å². The van der Waals surface area contributed by atoms with Crippen molar-refractivity contribution >= 4 is 28.2 Å². The van der Waals surface area contributed by atoms with E-state index in [1.807, 2.05) is 24.4 Å². The van der Waals surface area contributed by atoms with Crippen molar-refractivity contribution in [2.24, 2.45) is 5.41 Å². The summed E-state index contributed by atoms with van der Waals surface area (Å²) in [5.41, 5.74) is 0.192. The molecule has 0 unspecified atom stereocenters. The number of nitrogens with one attached hydrogen (secondary N) is 1. The van der Waals surface area contributed by atoms with Crippen molar-refractivity contribution < 1.29 is 4.74 Å². The number of anilines is 1. The van der Waals surface area contributed by atoms with Gasteiger partial charge in [0.05, 0.1) is 7.11 Å². The Balaban J connectivity index is 2.19. The summed E-state index contributed by atoms with van der Waals surface area (Å²) < 4.78 is 5.41. The first-order chi connectivity index (χ1) is 10.1. The lowest BCUT2D eigenvalue weighted by Gasteiger charge is -2.25. The monoisotopic (exact) mass is 306 g/mol. The van der Waals surface area contributed by atoms with Gasteiger partial charge in [0.1, 0.15) is 11.6 Å². The van der Waals surface area contributed by atoms with E-state index < -0.39 is 0 Å². The van der Waals surface area contributed by atoms with Crippen molar-refractivity contribution in [3.63, 3.8) is 0 Å². The highest BCUT2D eigenvalue weighted by Gasteiger charge is 2.17. The molecule has 0 bridgehead atoms. The lowest BCUT2D eigenvalue weighted by molar-refractivity contribution is 0.355. The SMILES string of the molecule is COc1cccc2c(NCC(C)(C)CCCCl)nccc12. The van der Waals surface area contributed by atoms with Gasteiger partial charge in [-0.3, -0.25) is 0 Å². The maximum Gasteiger partial charge on any atom is 0.133 e. The van der Waals surface area contributed by atoms with Crippen LogP contribution >= 0.6 is 11.6 Å². The molecule has 1 N–H and O–H groups in total. The van der Waals surface area contributed by atoms with Gasteiger partial charge in [0.15, 0.2) is 0 Å². The Kier molecular flexibility index (Phi) is 5.29. The van der Waals surface area contributed by atoms with E-state index in [-0.39, 0.29) is 5.41 Å². The molecule has 0 aliphatic heterocycles. The maximum absolute atomic E-state index is 5.79. The van der Waals surface area contributed by atoms with Crippen LogP contribution < -0.4 is 10.1 Å². The molecule has 0 atom stereocenters. The van der Waals surface area contributed by atoms with Crippen molar-refractivity contribution in [3.8, 4) is 5.75 Å². The number of benzene rings is 1. The molecule has 3 nitrogen and oxygen atoms in total.